The van der Waals surface area contributed by atoms with Gasteiger partial charge in [0.05, 0.1) is 14.2 Å². The first-order valence-electron chi connectivity index (χ1n) is 7.49. The van der Waals surface area contributed by atoms with E-state index in [9.17, 15) is 18.4 Å². The van der Waals surface area contributed by atoms with Crippen LogP contribution in [0.15, 0.2) is 42.5 Å². The average Bonchev–Trinajstić information content (AvgIpc) is 2.66. The number of hydrogen-bond donors (Lipinski definition) is 0. The van der Waals surface area contributed by atoms with E-state index in [1.807, 2.05) is 0 Å². The fourth-order valence-electron chi connectivity index (χ4n) is 2.05. The predicted octanol–water partition coefficient (Wildman–Crippen LogP) is 3.42. The largest absolute Gasteiger partial charge is 0.497 e. The highest BCUT2D eigenvalue weighted by atomic mass is 19.2. The molecular formula is C19H16F2O5. The van der Waals surface area contributed by atoms with Crippen molar-refractivity contribution in [3.05, 3.63) is 65.2 Å². The molecule has 0 atom stereocenters. The smallest absolute Gasteiger partial charge is 0.331 e. The number of Topliss-reactive ketones (excluding diaryl/α,β-unsaturated/α-hetero) is 1. The summed E-state index contributed by atoms with van der Waals surface area (Å²) >= 11 is 0. The zero-order valence-corrected chi connectivity index (χ0v) is 14.1. The first-order valence-corrected chi connectivity index (χ1v) is 7.49. The van der Waals surface area contributed by atoms with Crippen molar-refractivity contribution in [1.82, 2.24) is 0 Å². The lowest BCUT2D eigenvalue weighted by Crippen LogP contribution is -2.13. The van der Waals surface area contributed by atoms with E-state index in [0.29, 0.717) is 17.1 Å². The Morgan fingerprint density at radius 3 is 2.42 bits per heavy atom. The summed E-state index contributed by atoms with van der Waals surface area (Å²) in [5, 5.41) is 0. The van der Waals surface area contributed by atoms with Gasteiger partial charge in [0.25, 0.3) is 0 Å². The van der Waals surface area contributed by atoms with E-state index in [1.165, 1.54) is 20.3 Å². The van der Waals surface area contributed by atoms with Crippen molar-refractivity contribution in [2.45, 2.75) is 0 Å². The van der Waals surface area contributed by atoms with Crippen LogP contribution in [-0.4, -0.2) is 32.6 Å². The number of esters is 1. The third-order valence-corrected chi connectivity index (χ3v) is 3.43. The molecule has 0 saturated carbocycles. The van der Waals surface area contributed by atoms with Crippen molar-refractivity contribution in [2.24, 2.45) is 0 Å². The summed E-state index contributed by atoms with van der Waals surface area (Å²) in [5.74, 6) is -2.53. The summed E-state index contributed by atoms with van der Waals surface area (Å²) in [6.07, 6.45) is 2.59. The molecule has 2 rings (SSSR count). The molecule has 2 aromatic rings. The van der Waals surface area contributed by atoms with Crippen LogP contribution >= 0.6 is 0 Å². The van der Waals surface area contributed by atoms with Crippen molar-refractivity contribution in [3.8, 4) is 11.5 Å². The van der Waals surface area contributed by atoms with Gasteiger partial charge in [0.2, 0.25) is 0 Å². The van der Waals surface area contributed by atoms with E-state index in [4.69, 9.17) is 14.2 Å². The van der Waals surface area contributed by atoms with E-state index in [-0.39, 0.29) is 5.56 Å². The van der Waals surface area contributed by atoms with Gasteiger partial charge < -0.3 is 14.2 Å². The van der Waals surface area contributed by atoms with Crippen LogP contribution in [0.5, 0.6) is 11.5 Å². The third kappa shape index (κ3) is 4.89. The molecule has 5 nitrogen and oxygen atoms in total. The molecule has 0 aromatic heterocycles. The number of methoxy groups -OCH3 is 2. The summed E-state index contributed by atoms with van der Waals surface area (Å²) in [5.41, 5.74) is 0.523. The Bertz CT molecular complexity index is 846. The first kappa shape index (κ1) is 19.1. The molecule has 0 radical (unpaired) electrons. The fourth-order valence-corrected chi connectivity index (χ4v) is 2.05. The van der Waals surface area contributed by atoms with Gasteiger partial charge in [-0.1, -0.05) is 0 Å². The van der Waals surface area contributed by atoms with Crippen molar-refractivity contribution >= 4 is 17.8 Å². The maximum absolute atomic E-state index is 13.1. The van der Waals surface area contributed by atoms with Gasteiger partial charge in [-0.05, 0) is 36.4 Å². The third-order valence-electron chi connectivity index (χ3n) is 3.43. The van der Waals surface area contributed by atoms with Crippen LogP contribution in [0.1, 0.15) is 15.9 Å². The lowest BCUT2D eigenvalue weighted by Gasteiger charge is -2.07. The molecule has 0 bridgehead atoms. The van der Waals surface area contributed by atoms with Crippen molar-refractivity contribution in [2.75, 3.05) is 20.8 Å². The molecule has 0 fully saturated rings. The standard InChI is InChI=1S/C19H16F2O5/c1-24-14-6-3-12(18(10-14)25-2)5-8-19(23)26-11-17(22)13-4-7-15(20)16(21)9-13/h3-10H,11H2,1-2H3/b8-5+. The van der Waals surface area contributed by atoms with Crippen LogP contribution in [0, 0.1) is 11.6 Å². The molecule has 0 heterocycles. The van der Waals surface area contributed by atoms with Gasteiger partial charge in [-0.3, -0.25) is 4.79 Å². The molecule has 136 valence electrons. The maximum atomic E-state index is 13.1. The highest BCUT2D eigenvalue weighted by Gasteiger charge is 2.12. The van der Waals surface area contributed by atoms with E-state index in [2.05, 4.69) is 0 Å². The molecule has 0 spiro atoms. The van der Waals surface area contributed by atoms with Crippen LogP contribution < -0.4 is 9.47 Å². The number of rotatable bonds is 7. The van der Waals surface area contributed by atoms with Gasteiger partial charge in [0, 0.05) is 23.3 Å². The molecule has 0 aliphatic heterocycles. The molecular weight excluding hydrogens is 346 g/mol. The molecule has 0 aliphatic rings. The highest BCUT2D eigenvalue weighted by molar-refractivity contribution is 5.98. The van der Waals surface area contributed by atoms with Crippen LogP contribution in [-0.2, 0) is 9.53 Å². The maximum Gasteiger partial charge on any atom is 0.331 e. The van der Waals surface area contributed by atoms with Crippen LogP contribution in [0.2, 0.25) is 0 Å². The van der Waals surface area contributed by atoms with Crippen molar-refractivity contribution < 1.29 is 32.6 Å². The second kappa shape index (κ2) is 8.75. The van der Waals surface area contributed by atoms with Gasteiger partial charge in [0.1, 0.15) is 11.5 Å². The Balaban J connectivity index is 1.97. The number of ketones is 1. The number of benzene rings is 2. The van der Waals surface area contributed by atoms with Gasteiger partial charge >= 0.3 is 5.97 Å². The van der Waals surface area contributed by atoms with Crippen molar-refractivity contribution in [1.29, 1.82) is 0 Å². The fraction of sp³-hybridized carbons (Fsp3) is 0.158. The molecule has 0 amide bonds. The number of ether oxygens (including phenoxy) is 3. The Labute approximate surface area is 148 Å². The quantitative estimate of drug-likeness (QED) is 0.429. The van der Waals surface area contributed by atoms with E-state index >= 15 is 0 Å². The van der Waals surface area contributed by atoms with Crippen LogP contribution in [0.3, 0.4) is 0 Å². The summed E-state index contributed by atoms with van der Waals surface area (Å²) in [7, 11) is 3.00. The lowest BCUT2D eigenvalue weighted by molar-refractivity contribution is -0.136. The average molecular weight is 362 g/mol. The van der Waals surface area contributed by atoms with E-state index < -0.39 is 30.0 Å². The molecule has 0 N–H and O–H groups in total. The molecule has 0 aliphatic carbocycles. The Morgan fingerprint density at radius 2 is 1.77 bits per heavy atom. The molecule has 7 heteroatoms. The lowest BCUT2D eigenvalue weighted by atomic mass is 10.1. The summed E-state index contributed by atoms with van der Waals surface area (Å²) in [4.78, 5) is 23.6. The number of carbonyl (C=O) groups is 2. The highest BCUT2D eigenvalue weighted by Crippen LogP contribution is 2.25. The van der Waals surface area contributed by atoms with Gasteiger partial charge in [-0.2, -0.15) is 0 Å². The van der Waals surface area contributed by atoms with Gasteiger partial charge in [0.15, 0.2) is 24.0 Å². The zero-order valence-electron chi connectivity index (χ0n) is 14.1. The first-order chi connectivity index (χ1) is 12.4. The Kier molecular flexibility index (Phi) is 6.43. The Morgan fingerprint density at radius 1 is 1.00 bits per heavy atom. The van der Waals surface area contributed by atoms with E-state index in [1.54, 1.807) is 18.2 Å². The number of hydrogen-bond acceptors (Lipinski definition) is 5. The number of halogens is 2. The molecule has 26 heavy (non-hydrogen) atoms. The molecule has 2 aromatic carbocycles. The second-order valence-corrected chi connectivity index (χ2v) is 5.10. The summed E-state index contributed by atoms with van der Waals surface area (Å²) in [6, 6.07) is 7.74. The molecule has 0 saturated heterocycles. The minimum absolute atomic E-state index is 0.0856. The monoisotopic (exact) mass is 362 g/mol. The zero-order chi connectivity index (χ0) is 19.1. The van der Waals surface area contributed by atoms with Crippen LogP contribution in [0.25, 0.3) is 6.08 Å². The minimum atomic E-state index is -1.14. The van der Waals surface area contributed by atoms with Gasteiger partial charge in [-0.15, -0.1) is 0 Å². The van der Waals surface area contributed by atoms with Crippen molar-refractivity contribution in [3.63, 3.8) is 0 Å². The van der Waals surface area contributed by atoms with Crippen LogP contribution in [0.4, 0.5) is 8.78 Å². The minimum Gasteiger partial charge on any atom is -0.497 e. The Hall–Kier alpha value is -3.22. The summed E-state index contributed by atoms with van der Waals surface area (Å²) in [6.45, 7) is -0.589. The second-order valence-electron chi connectivity index (χ2n) is 5.10. The summed E-state index contributed by atoms with van der Waals surface area (Å²) < 4.78 is 41.0. The van der Waals surface area contributed by atoms with E-state index in [0.717, 1.165) is 24.3 Å². The molecule has 0 unspecified atom stereocenters. The number of carbonyl (C=O) groups excluding carboxylic acids is 2. The SMILES string of the molecule is COc1ccc(/C=C/C(=O)OCC(=O)c2ccc(F)c(F)c2)c(OC)c1. The predicted molar refractivity (Wildman–Crippen MR) is 90.2 cm³/mol. The normalized spacial score (nSPS) is 10.6. The van der Waals surface area contributed by atoms with Gasteiger partial charge in [-0.25, -0.2) is 13.6 Å². The topological polar surface area (TPSA) is 61.8 Å².